The monoisotopic (exact) mass is 286 g/mol. The Morgan fingerprint density at radius 3 is 2.57 bits per heavy atom. The SMILES string of the molecule is CNC1CCN(C(=O)C2CCC(C)CC2)c2ccccc21. The van der Waals surface area contributed by atoms with Gasteiger partial charge in [-0.05, 0) is 56.7 Å². The van der Waals surface area contributed by atoms with Gasteiger partial charge in [0.1, 0.15) is 0 Å². The van der Waals surface area contributed by atoms with E-state index in [2.05, 4.69) is 30.4 Å². The summed E-state index contributed by atoms with van der Waals surface area (Å²) < 4.78 is 0. The lowest BCUT2D eigenvalue weighted by Gasteiger charge is -2.37. The molecule has 114 valence electrons. The van der Waals surface area contributed by atoms with Crippen molar-refractivity contribution in [1.82, 2.24) is 5.32 Å². The fourth-order valence-electron chi connectivity index (χ4n) is 3.82. The molecule has 0 aromatic heterocycles. The van der Waals surface area contributed by atoms with Gasteiger partial charge in [-0.1, -0.05) is 25.1 Å². The third kappa shape index (κ3) is 2.84. The van der Waals surface area contributed by atoms with Gasteiger partial charge in [0.25, 0.3) is 0 Å². The number of rotatable bonds is 2. The average molecular weight is 286 g/mol. The van der Waals surface area contributed by atoms with Crippen LogP contribution in [0.1, 0.15) is 50.6 Å². The molecule has 0 saturated heterocycles. The summed E-state index contributed by atoms with van der Waals surface area (Å²) >= 11 is 0. The van der Waals surface area contributed by atoms with Crippen LogP contribution < -0.4 is 10.2 Å². The number of carbonyl (C=O) groups is 1. The minimum Gasteiger partial charge on any atom is -0.313 e. The molecule has 1 unspecified atom stereocenters. The molecule has 0 radical (unpaired) electrons. The van der Waals surface area contributed by atoms with Crippen molar-refractivity contribution in [3.63, 3.8) is 0 Å². The highest BCUT2D eigenvalue weighted by Gasteiger charge is 2.33. The lowest BCUT2D eigenvalue weighted by Crippen LogP contribution is -2.43. The number of fused-ring (bicyclic) bond motifs is 1. The van der Waals surface area contributed by atoms with Crippen LogP contribution in [0.3, 0.4) is 0 Å². The van der Waals surface area contributed by atoms with Gasteiger partial charge >= 0.3 is 0 Å². The Balaban J connectivity index is 1.81. The molecule has 1 saturated carbocycles. The van der Waals surface area contributed by atoms with Crippen LogP contribution in [-0.2, 0) is 4.79 Å². The van der Waals surface area contributed by atoms with Crippen LogP contribution in [-0.4, -0.2) is 19.5 Å². The number of carbonyl (C=O) groups excluding carboxylic acids is 1. The first-order valence-electron chi connectivity index (χ1n) is 8.28. The first kappa shape index (κ1) is 14.6. The number of nitrogens with zero attached hydrogens (tertiary/aromatic N) is 1. The number of amides is 1. The van der Waals surface area contributed by atoms with Crippen molar-refractivity contribution in [2.24, 2.45) is 11.8 Å². The Kier molecular flexibility index (Phi) is 4.29. The fraction of sp³-hybridized carbons (Fsp3) is 0.611. The molecule has 1 aliphatic carbocycles. The second-order valence-corrected chi connectivity index (χ2v) is 6.64. The normalized spacial score (nSPS) is 29.0. The summed E-state index contributed by atoms with van der Waals surface area (Å²) in [5.74, 6) is 1.38. The Hall–Kier alpha value is -1.35. The van der Waals surface area contributed by atoms with Crippen LogP contribution in [0.15, 0.2) is 24.3 Å². The third-order valence-corrected chi connectivity index (χ3v) is 5.22. The van der Waals surface area contributed by atoms with Gasteiger partial charge in [0.05, 0.1) is 0 Å². The van der Waals surface area contributed by atoms with E-state index in [0.29, 0.717) is 11.9 Å². The molecule has 1 N–H and O–H groups in total. The predicted octanol–water partition coefficient (Wildman–Crippen LogP) is 3.51. The van der Waals surface area contributed by atoms with E-state index < -0.39 is 0 Å². The summed E-state index contributed by atoms with van der Waals surface area (Å²) in [6, 6.07) is 8.73. The quantitative estimate of drug-likeness (QED) is 0.902. The molecule has 1 atom stereocenters. The van der Waals surface area contributed by atoms with Crippen molar-refractivity contribution >= 4 is 11.6 Å². The van der Waals surface area contributed by atoms with Gasteiger partial charge in [0, 0.05) is 24.2 Å². The van der Waals surface area contributed by atoms with E-state index in [0.717, 1.165) is 37.4 Å². The number of anilines is 1. The largest absolute Gasteiger partial charge is 0.313 e. The van der Waals surface area contributed by atoms with Crippen molar-refractivity contribution in [1.29, 1.82) is 0 Å². The highest BCUT2D eigenvalue weighted by atomic mass is 16.2. The van der Waals surface area contributed by atoms with Crippen molar-refractivity contribution in [2.75, 3.05) is 18.5 Å². The average Bonchev–Trinajstić information content (AvgIpc) is 2.54. The Morgan fingerprint density at radius 2 is 1.86 bits per heavy atom. The summed E-state index contributed by atoms with van der Waals surface area (Å²) in [5.41, 5.74) is 2.38. The van der Waals surface area contributed by atoms with E-state index in [4.69, 9.17) is 0 Å². The summed E-state index contributed by atoms with van der Waals surface area (Å²) in [6.45, 7) is 3.14. The summed E-state index contributed by atoms with van der Waals surface area (Å²) in [7, 11) is 2.00. The van der Waals surface area contributed by atoms with Crippen LogP contribution in [0, 0.1) is 11.8 Å². The number of para-hydroxylation sites is 1. The molecule has 1 aliphatic heterocycles. The van der Waals surface area contributed by atoms with Gasteiger partial charge in [-0.2, -0.15) is 0 Å². The molecule has 3 nitrogen and oxygen atoms in total. The predicted molar refractivity (Wildman–Crippen MR) is 86.3 cm³/mol. The lowest BCUT2D eigenvalue weighted by molar-refractivity contribution is -0.123. The second-order valence-electron chi connectivity index (χ2n) is 6.64. The first-order chi connectivity index (χ1) is 10.2. The van der Waals surface area contributed by atoms with Crippen molar-refractivity contribution in [2.45, 2.75) is 45.1 Å². The maximum atomic E-state index is 12.9. The number of nitrogens with one attached hydrogen (secondary N) is 1. The maximum absolute atomic E-state index is 12.9. The highest BCUT2D eigenvalue weighted by Crippen LogP contribution is 2.36. The molecule has 3 heteroatoms. The molecular formula is C18H26N2O. The van der Waals surface area contributed by atoms with Gasteiger partial charge in [0.2, 0.25) is 5.91 Å². The van der Waals surface area contributed by atoms with Crippen LogP contribution in [0.4, 0.5) is 5.69 Å². The van der Waals surface area contributed by atoms with Crippen LogP contribution in [0.5, 0.6) is 0 Å². The lowest BCUT2D eigenvalue weighted by atomic mass is 9.82. The fourth-order valence-corrected chi connectivity index (χ4v) is 3.82. The van der Waals surface area contributed by atoms with Crippen molar-refractivity contribution in [3.05, 3.63) is 29.8 Å². The summed E-state index contributed by atoms with van der Waals surface area (Å²) in [5, 5.41) is 3.37. The van der Waals surface area contributed by atoms with E-state index in [9.17, 15) is 4.79 Å². The standard InChI is InChI=1S/C18H26N2O/c1-13-7-9-14(10-8-13)18(21)20-12-11-16(19-2)15-5-3-4-6-17(15)20/h3-6,13-14,16,19H,7-12H2,1-2H3. The number of hydrogen-bond donors (Lipinski definition) is 1. The van der Waals surface area contributed by atoms with Crippen LogP contribution >= 0.6 is 0 Å². The molecule has 0 bridgehead atoms. The third-order valence-electron chi connectivity index (χ3n) is 5.22. The molecule has 1 aromatic rings. The van der Waals surface area contributed by atoms with E-state index in [1.165, 1.54) is 18.4 Å². The first-order valence-corrected chi connectivity index (χ1v) is 8.28. The minimum atomic E-state index is 0.236. The molecule has 1 fully saturated rings. The summed E-state index contributed by atoms with van der Waals surface area (Å²) in [6.07, 6.45) is 5.53. The molecule has 1 aromatic carbocycles. The van der Waals surface area contributed by atoms with Crippen molar-refractivity contribution < 1.29 is 4.79 Å². The Bertz CT molecular complexity index is 506. The molecular weight excluding hydrogens is 260 g/mol. The zero-order valence-corrected chi connectivity index (χ0v) is 13.1. The molecule has 21 heavy (non-hydrogen) atoms. The Labute approximate surface area is 127 Å². The zero-order valence-electron chi connectivity index (χ0n) is 13.1. The van der Waals surface area contributed by atoms with Crippen molar-refractivity contribution in [3.8, 4) is 0 Å². The van der Waals surface area contributed by atoms with Gasteiger partial charge in [-0.15, -0.1) is 0 Å². The second kappa shape index (κ2) is 6.18. The molecule has 3 rings (SSSR count). The van der Waals surface area contributed by atoms with Gasteiger partial charge in [-0.3, -0.25) is 4.79 Å². The Morgan fingerprint density at radius 1 is 1.14 bits per heavy atom. The van der Waals surface area contributed by atoms with Crippen LogP contribution in [0.25, 0.3) is 0 Å². The van der Waals surface area contributed by atoms with E-state index in [1.807, 2.05) is 18.0 Å². The van der Waals surface area contributed by atoms with E-state index in [1.54, 1.807) is 0 Å². The highest BCUT2D eigenvalue weighted by molar-refractivity contribution is 5.96. The molecule has 1 heterocycles. The topological polar surface area (TPSA) is 32.3 Å². The van der Waals surface area contributed by atoms with Gasteiger partial charge < -0.3 is 10.2 Å². The van der Waals surface area contributed by atoms with Gasteiger partial charge in [-0.25, -0.2) is 0 Å². The molecule has 1 amide bonds. The smallest absolute Gasteiger partial charge is 0.230 e. The van der Waals surface area contributed by atoms with E-state index >= 15 is 0 Å². The van der Waals surface area contributed by atoms with Gasteiger partial charge in [0.15, 0.2) is 0 Å². The molecule has 2 aliphatic rings. The number of hydrogen-bond acceptors (Lipinski definition) is 2. The number of benzene rings is 1. The van der Waals surface area contributed by atoms with E-state index in [-0.39, 0.29) is 5.92 Å². The zero-order chi connectivity index (χ0) is 14.8. The summed E-state index contributed by atoms with van der Waals surface area (Å²) in [4.78, 5) is 15.0. The van der Waals surface area contributed by atoms with Crippen LogP contribution in [0.2, 0.25) is 0 Å². The maximum Gasteiger partial charge on any atom is 0.230 e. The minimum absolute atomic E-state index is 0.236. The molecule has 0 spiro atoms.